The maximum atomic E-state index is 16.1. The molecular weight excluding hydrogens is 818 g/mol. The number of pyridine rings is 1. The maximum Gasteiger partial charge on any atom is 0.256 e. The van der Waals surface area contributed by atoms with Crippen molar-refractivity contribution in [2.24, 2.45) is 14.1 Å². The highest BCUT2D eigenvalue weighted by Gasteiger charge is 2.37. The Morgan fingerprint density at radius 1 is 1.05 bits per heavy atom. The number of benzene rings is 1. The lowest BCUT2D eigenvalue weighted by atomic mass is 10.1. The van der Waals surface area contributed by atoms with Gasteiger partial charge in [0, 0.05) is 63.3 Å². The van der Waals surface area contributed by atoms with Crippen LogP contribution in [0.4, 0.5) is 33.6 Å². The van der Waals surface area contributed by atoms with Crippen LogP contribution in [0.1, 0.15) is 45.7 Å². The molecule has 1 saturated heterocycles. The van der Waals surface area contributed by atoms with Crippen molar-refractivity contribution in [2.45, 2.75) is 65.0 Å². The smallest absolute Gasteiger partial charge is 0.256 e. The number of hydrogen-bond donors (Lipinski definition) is 4. The van der Waals surface area contributed by atoms with Gasteiger partial charge < -0.3 is 44.7 Å². The molecule has 19 heteroatoms. The van der Waals surface area contributed by atoms with Crippen molar-refractivity contribution in [3.8, 4) is 17.1 Å². The van der Waals surface area contributed by atoms with Gasteiger partial charge >= 0.3 is 0 Å². The van der Waals surface area contributed by atoms with Crippen LogP contribution in [-0.2, 0) is 25.4 Å². The first-order valence-electron chi connectivity index (χ1n) is 21.4. The second kappa shape index (κ2) is 18.7. The number of halogens is 1. The van der Waals surface area contributed by atoms with Gasteiger partial charge in [0.25, 0.3) is 5.88 Å². The highest BCUT2D eigenvalue weighted by atomic mass is 19.1. The van der Waals surface area contributed by atoms with Gasteiger partial charge in [-0.25, -0.2) is 9.37 Å². The zero-order chi connectivity index (χ0) is 45.1. The SMILES string of the molecule is C/C=C(/CN(Cc1ccc(-c2ccccn2)cc1)c1nc(N[C@H](CC)CO)nc2c1ccn2C(C)C)C(=O)N[C@@H]1CN(c2nc(Nc3cn(C)nc3OC)c3ncn(C)c3n2)C[C@H]1F. The summed E-state index contributed by atoms with van der Waals surface area (Å²) in [7, 11) is 5.14. The molecule has 3 atom stereocenters. The minimum absolute atomic E-state index is 0.0378. The number of fused-ring (bicyclic) bond motifs is 2. The number of allylic oxidation sites excluding steroid dienone is 1. The lowest BCUT2D eigenvalue weighted by Gasteiger charge is -2.27. The number of rotatable bonds is 17. The van der Waals surface area contributed by atoms with Crippen LogP contribution in [0.2, 0.25) is 0 Å². The topological polar surface area (TPSA) is 194 Å². The summed E-state index contributed by atoms with van der Waals surface area (Å²) in [6, 6.07) is 14.9. The predicted molar refractivity (Wildman–Crippen MR) is 246 cm³/mol. The number of aliphatic hydroxyl groups excluding tert-OH is 1. The Morgan fingerprint density at radius 2 is 1.86 bits per heavy atom. The monoisotopic (exact) mass is 871 g/mol. The Balaban J connectivity index is 1.08. The minimum atomic E-state index is -1.42. The van der Waals surface area contributed by atoms with Crippen LogP contribution in [0.5, 0.6) is 5.88 Å². The Bertz CT molecular complexity index is 2760. The predicted octanol–water partition coefficient (Wildman–Crippen LogP) is 5.72. The molecule has 8 rings (SSSR count). The zero-order valence-electron chi connectivity index (χ0n) is 37.1. The summed E-state index contributed by atoms with van der Waals surface area (Å²) in [4.78, 5) is 46.6. The zero-order valence-corrected chi connectivity index (χ0v) is 37.1. The number of nitrogens with zero attached hydrogens (tertiary/aromatic N) is 12. The molecule has 0 saturated carbocycles. The number of methoxy groups -OCH3 is 1. The molecule has 1 amide bonds. The summed E-state index contributed by atoms with van der Waals surface area (Å²) < 4.78 is 27.0. The molecule has 334 valence electrons. The van der Waals surface area contributed by atoms with Crippen molar-refractivity contribution in [1.29, 1.82) is 0 Å². The quantitative estimate of drug-likeness (QED) is 0.0813. The normalized spacial score (nSPS) is 15.9. The fraction of sp³-hybridized carbons (Fsp3) is 0.378. The number of hydrogen-bond acceptors (Lipinski definition) is 14. The van der Waals surface area contributed by atoms with Crippen LogP contribution in [0.15, 0.2) is 85.1 Å². The van der Waals surface area contributed by atoms with Crippen molar-refractivity contribution >= 4 is 57.3 Å². The van der Waals surface area contributed by atoms with E-state index in [1.165, 1.54) is 7.11 Å². The number of alkyl halides is 1. The number of aryl methyl sites for hydroxylation is 2. The van der Waals surface area contributed by atoms with Gasteiger partial charge in [0.1, 0.15) is 23.3 Å². The van der Waals surface area contributed by atoms with Gasteiger partial charge in [-0.15, -0.1) is 5.10 Å². The molecule has 0 spiro atoms. The van der Waals surface area contributed by atoms with Gasteiger partial charge in [0.05, 0.1) is 55.9 Å². The van der Waals surface area contributed by atoms with E-state index in [4.69, 9.17) is 24.7 Å². The molecule has 0 unspecified atom stereocenters. The molecule has 1 aromatic carbocycles. The Labute approximate surface area is 370 Å². The van der Waals surface area contributed by atoms with Crippen molar-refractivity contribution in [3.63, 3.8) is 0 Å². The van der Waals surface area contributed by atoms with Gasteiger partial charge in [-0.05, 0) is 51.0 Å². The molecular formula is C45H54FN15O3. The highest BCUT2D eigenvalue weighted by Crippen LogP contribution is 2.33. The number of aliphatic hydroxyl groups is 1. The second-order valence-corrected chi connectivity index (χ2v) is 16.2. The van der Waals surface area contributed by atoms with Gasteiger partial charge in [-0.3, -0.25) is 14.5 Å². The molecule has 7 heterocycles. The van der Waals surface area contributed by atoms with Gasteiger partial charge in [-0.2, -0.15) is 19.9 Å². The lowest BCUT2D eigenvalue weighted by Crippen LogP contribution is -2.44. The largest absolute Gasteiger partial charge is 0.478 e. The van der Waals surface area contributed by atoms with E-state index in [-0.39, 0.29) is 44.3 Å². The lowest BCUT2D eigenvalue weighted by molar-refractivity contribution is -0.118. The van der Waals surface area contributed by atoms with E-state index in [2.05, 4.69) is 49.4 Å². The van der Waals surface area contributed by atoms with Gasteiger partial charge in [0.15, 0.2) is 17.0 Å². The standard InChI is InChI=1S/C45H54FN15O3/c1-8-29(42(63)51-35-24-60(22-33(35)46)45-52-38(37-41(55-45)57(5)26-48-37)50-36-23-58(6)56-43(36)64-7)21-59(20-28-13-15-30(16-14-28)34-12-10-11-18-47-34)39-32-17-19-61(27(3)4)40(32)54-44(53-39)49-31(9-2)25-62/h8,10-19,23,26-27,31,33,35,62H,9,20-22,24-25H2,1-7H3,(H,51,63)(H,49,53,54)(H,50,52,55)/b29-8-/t31-,33-,35-/m1/s1. The molecule has 7 aromatic rings. The second-order valence-electron chi connectivity index (χ2n) is 16.2. The number of imidazole rings is 1. The number of carbonyl (C=O) groups excluding carboxylic acids is 1. The first-order chi connectivity index (χ1) is 31.0. The fourth-order valence-electron chi connectivity index (χ4n) is 7.82. The molecule has 0 bridgehead atoms. The average molecular weight is 872 g/mol. The molecule has 1 aliphatic heterocycles. The van der Waals surface area contributed by atoms with Crippen LogP contribution in [0.3, 0.4) is 0 Å². The first-order valence-corrected chi connectivity index (χ1v) is 21.4. The molecule has 6 aromatic heterocycles. The van der Waals surface area contributed by atoms with Crippen LogP contribution < -0.4 is 30.5 Å². The van der Waals surface area contributed by atoms with Gasteiger partial charge in [0.2, 0.25) is 17.8 Å². The van der Waals surface area contributed by atoms with E-state index in [1.54, 1.807) is 52.9 Å². The maximum absolute atomic E-state index is 16.1. The molecule has 0 aliphatic carbocycles. The molecule has 18 nitrogen and oxygen atoms in total. The number of ether oxygens (including phenoxy) is 1. The molecule has 0 radical (unpaired) electrons. The van der Waals surface area contributed by atoms with E-state index in [1.807, 2.05) is 73.6 Å². The third kappa shape index (κ3) is 9.01. The Kier molecular flexibility index (Phi) is 12.7. The molecule has 1 fully saturated rings. The van der Waals surface area contributed by atoms with E-state index < -0.39 is 18.1 Å². The number of aromatic nitrogens is 10. The van der Waals surface area contributed by atoms with E-state index in [0.717, 1.165) is 22.2 Å². The molecule has 64 heavy (non-hydrogen) atoms. The first kappa shape index (κ1) is 43.5. The summed E-state index contributed by atoms with van der Waals surface area (Å²) in [5, 5.41) is 24.8. The molecule has 1 aliphatic rings. The van der Waals surface area contributed by atoms with E-state index in [9.17, 15) is 9.90 Å². The van der Waals surface area contributed by atoms with Crippen LogP contribution >= 0.6 is 0 Å². The fourth-order valence-corrected chi connectivity index (χ4v) is 7.82. The Morgan fingerprint density at radius 3 is 2.56 bits per heavy atom. The third-order valence-corrected chi connectivity index (χ3v) is 11.4. The molecule has 4 N–H and O–H groups in total. The van der Waals surface area contributed by atoms with Crippen molar-refractivity contribution in [2.75, 3.05) is 53.8 Å². The summed E-state index contributed by atoms with van der Waals surface area (Å²) >= 11 is 0. The van der Waals surface area contributed by atoms with Gasteiger partial charge in [-0.1, -0.05) is 43.3 Å². The average Bonchev–Trinajstić information content (AvgIpc) is 4.09. The number of carbonyl (C=O) groups is 1. The number of anilines is 5. The van der Waals surface area contributed by atoms with Crippen LogP contribution in [0.25, 0.3) is 33.5 Å². The van der Waals surface area contributed by atoms with Crippen LogP contribution in [0, 0.1) is 0 Å². The Hall–Kier alpha value is -7.15. The summed E-state index contributed by atoms with van der Waals surface area (Å²) in [6.45, 7) is 8.47. The van der Waals surface area contributed by atoms with E-state index in [0.29, 0.717) is 64.5 Å². The summed E-state index contributed by atoms with van der Waals surface area (Å²) in [6.07, 6.45) is 8.15. The third-order valence-electron chi connectivity index (χ3n) is 11.4. The summed E-state index contributed by atoms with van der Waals surface area (Å²) in [5.41, 5.74) is 5.59. The van der Waals surface area contributed by atoms with Crippen LogP contribution in [-0.4, -0.2) is 111 Å². The number of amides is 1. The minimum Gasteiger partial charge on any atom is -0.478 e. The van der Waals surface area contributed by atoms with Crippen molar-refractivity contribution < 1.29 is 19.0 Å². The number of nitrogens with one attached hydrogen (secondary N) is 3. The highest BCUT2D eigenvalue weighted by molar-refractivity contribution is 5.96. The summed E-state index contributed by atoms with van der Waals surface area (Å²) in [5.74, 6) is 1.62. The van der Waals surface area contributed by atoms with Crippen molar-refractivity contribution in [1.82, 2.24) is 54.1 Å². The van der Waals surface area contributed by atoms with E-state index >= 15 is 4.39 Å². The van der Waals surface area contributed by atoms with Crippen molar-refractivity contribution in [3.05, 3.63) is 90.7 Å².